The molecule has 6 aromatic rings. The van der Waals surface area contributed by atoms with Crippen molar-refractivity contribution in [2.45, 2.75) is 39.3 Å². The maximum atomic E-state index is 12.4. The van der Waals surface area contributed by atoms with Crippen LogP contribution in [-0.4, -0.2) is 37.7 Å². The van der Waals surface area contributed by atoms with E-state index in [-0.39, 0.29) is 24.4 Å². The third-order valence-electron chi connectivity index (χ3n) is 8.88. The van der Waals surface area contributed by atoms with Gasteiger partial charge in [0.1, 0.15) is 23.0 Å². The lowest BCUT2D eigenvalue weighted by atomic mass is 10.1. The van der Waals surface area contributed by atoms with Gasteiger partial charge in [-0.2, -0.15) is 0 Å². The van der Waals surface area contributed by atoms with E-state index in [4.69, 9.17) is 28.4 Å². The molecule has 58 heavy (non-hydrogen) atoms. The van der Waals surface area contributed by atoms with Crippen molar-refractivity contribution in [3.63, 3.8) is 0 Å². The van der Waals surface area contributed by atoms with Crippen LogP contribution in [0.4, 0.5) is 0 Å². The van der Waals surface area contributed by atoms with Gasteiger partial charge in [-0.25, -0.2) is 9.59 Å². The Kier molecular flexibility index (Phi) is 14.1. The van der Waals surface area contributed by atoms with Crippen LogP contribution in [0.25, 0.3) is 33.4 Å². The van der Waals surface area contributed by atoms with E-state index in [0.717, 1.165) is 33.4 Å². The molecule has 6 rings (SSSR count). The first-order chi connectivity index (χ1) is 28.2. The van der Waals surface area contributed by atoms with Gasteiger partial charge in [0.25, 0.3) is 0 Å². The molecule has 0 aliphatic heterocycles. The third kappa shape index (κ3) is 12.0. The zero-order valence-electron chi connectivity index (χ0n) is 32.7. The van der Waals surface area contributed by atoms with E-state index in [1.807, 2.05) is 158 Å². The summed E-state index contributed by atoms with van der Waals surface area (Å²) in [4.78, 5) is 24.9. The van der Waals surface area contributed by atoms with Crippen LogP contribution in [0.2, 0.25) is 0 Å². The average molecular weight is 775 g/mol. The molecule has 2 atom stereocenters. The first-order valence-corrected chi connectivity index (χ1v) is 19.0. The molecule has 0 saturated heterocycles. The highest BCUT2D eigenvalue weighted by Gasteiger charge is 2.19. The highest BCUT2D eigenvalue weighted by Crippen LogP contribution is 2.28. The lowest BCUT2D eigenvalue weighted by molar-refractivity contribution is -0.161. The number of rotatable bonds is 19. The summed E-state index contributed by atoms with van der Waals surface area (Å²) in [6.07, 6.45) is -1.17. The molecular formula is C50H46O8. The molecule has 6 aromatic carbocycles. The fourth-order valence-corrected chi connectivity index (χ4v) is 5.82. The van der Waals surface area contributed by atoms with Gasteiger partial charge in [-0.05, 0) is 95.8 Å². The van der Waals surface area contributed by atoms with E-state index in [1.54, 1.807) is 13.8 Å². The molecule has 0 N–H and O–H groups in total. The number of hydrogen-bond acceptors (Lipinski definition) is 8. The summed E-state index contributed by atoms with van der Waals surface area (Å²) in [6.45, 7) is 11.1. The zero-order valence-corrected chi connectivity index (χ0v) is 32.7. The molecule has 0 spiro atoms. The quantitative estimate of drug-likeness (QED) is 0.0456. The maximum Gasteiger partial charge on any atom is 0.336 e. The molecule has 8 heteroatoms. The van der Waals surface area contributed by atoms with Crippen LogP contribution in [0.15, 0.2) is 182 Å². The molecular weight excluding hydrogens is 729 g/mol. The molecule has 0 aliphatic rings. The van der Waals surface area contributed by atoms with Crippen molar-refractivity contribution in [1.82, 2.24) is 0 Å². The van der Waals surface area contributed by atoms with Gasteiger partial charge in [-0.1, -0.05) is 122 Å². The summed E-state index contributed by atoms with van der Waals surface area (Å²) in [5.41, 5.74) is 6.63. The number of hydrogen-bond donors (Lipinski definition) is 0. The molecule has 0 saturated carbocycles. The maximum absolute atomic E-state index is 12.4. The highest BCUT2D eigenvalue weighted by molar-refractivity contribution is 5.87. The van der Waals surface area contributed by atoms with Crippen LogP contribution < -0.4 is 18.9 Å². The normalized spacial score (nSPS) is 11.7. The molecule has 0 fully saturated rings. The van der Waals surface area contributed by atoms with Crippen LogP contribution in [0.1, 0.15) is 26.7 Å². The van der Waals surface area contributed by atoms with Crippen LogP contribution in [-0.2, 0) is 19.1 Å². The van der Waals surface area contributed by atoms with Crippen molar-refractivity contribution in [3.8, 4) is 56.4 Å². The molecule has 2 unspecified atom stereocenters. The first-order valence-electron chi connectivity index (χ1n) is 19.0. The third-order valence-corrected chi connectivity index (χ3v) is 8.88. The van der Waals surface area contributed by atoms with Crippen LogP contribution >= 0.6 is 0 Å². The predicted octanol–water partition coefficient (Wildman–Crippen LogP) is 11.3. The van der Waals surface area contributed by atoms with Gasteiger partial charge < -0.3 is 28.4 Å². The lowest BCUT2D eigenvalue weighted by Crippen LogP contribution is -2.26. The van der Waals surface area contributed by atoms with E-state index < -0.39 is 24.5 Å². The average Bonchev–Trinajstić information content (AvgIpc) is 3.25. The fraction of sp³-hybridized carbons (Fsp3) is 0.160. The van der Waals surface area contributed by atoms with Gasteiger partial charge in [-0.3, -0.25) is 0 Å². The largest absolute Gasteiger partial charge is 0.493 e. The number of ether oxygens (including phenoxy) is 6. The Labute approximate surface area is 339 Å². The van der Waals surface area contributed by atoms with Crippen LogP contribution in [0.3, 0.4) is 0 Å². The second kappa shape index (κ2) is 20.2. The monoisotopic (exact) mass is 774 g/mol. The standard InChI is InChI=1S/C50H46O8/c1-35(2)49(51)57-47(55-45-19-11-17-41(33-45)37-13-7-5-8-14-37)29-31-53-43-25-21-39(22-26-43)40-23-27-44(28-24-40)54-32-30-48(58-50(52)36(3)4)56-46-20-12-18-42(34-46)38-15-9-6-10-16-38/h5-28,33-34,47-48H,1,3,29-32H2,2,4H3. The summed E-state index contributed by atoms with van der Waals surface area (Å²) in [6, 6.07) is 50.7. The van der Waals surface area contributed by atoms with E-state index in [9.17, 15) is 9.59 Å². The second-order valence-electron chi connectivity index (χ2n) is 13.6. The Morgan fingerprint density at radius 3 is 1.14 bits per heavy atom. The number of esters is 2. The molecule has 0 amide bonds. The number of carbonyl (C=O) groups excluding carboxylic acids is 2. The molecule has 0 radical (unpaired) electrons. The molecule has 0 aromatic heterocycles. The predicted molar refractivity (Wildman–Crippen MR) is 227 cm³/mol. The van der Waals surface area contributed by atoms with E-state index in [2.05, 4.69) is 13.2 Å². The van der Waals surface area contributed by atoms with Gasteiger partial charge in [0.05, 0.1) is 26.1 Å². The summed E-state index contributed by atoms with van der Waals surface area (Å²) < 4.78 is 35.5. The van der Waals surface area contributed by atoms with Crippen molar-refractivity contribution in [2.24, 2.45) is 0 Å². The van der Waals surface area contributed by atoms with Crippen LogP contribution in [0.5, 0.6) is 23.0 Å². The summed E-state index contributed by atoms with van der Waals surface area (Å²) >= 11 is 0. The minimum Gasteiger partial charge on any atom is -0.493 e. The topological polar surface area (TPSA) is 89.5 Å². The Morgan fingerprint density at radius 1 is 0.431 bits per heavy atom. The van der Waals surface area contributed by atoms with Crippen LogP contribution in [0, 0.1) is 0 Å². The summed E-state index contributed by atoms with van der Waals surface area (Å²) in [7, 11) is 0. The Bertz CT molecular complexity index is 2120. The van der Waals surface area contributed by atoms with Gasteiger partial charge in [0.2, 0.25) is 12.6 Å². The SMILES string of the molecule is C=C(C)C(=O)OC(CCOc1ccc(-c2ccc(OCCC(OC(=O)C(=C)C)Oc3cccc(-c4ccccc4)c3)cc2)cc1)Oc1cccc(-c2ccccc2)c1. The van der Waals surface area contributed by atoms with Crippen molar-refractivity contribution >= 4 is 11.9 Å². The fourth-order valence-electron chi connectivity index (χ4n) is 5.82. The Balaban J connectivity index is 1.01. The smallest absolute Gasteiger partial charge is 0.336 e. The Hall–Kier alpha value is -7.06. The zero-order chi connectivity index (χ0) is 40.7. The van der Waals surface area contributed by atoms with Crippen molar-refractivity contribution in [3.05, 3.63) is 182 Å². The molecule has 8 nitrogen and oxygen atoms in total. The van der Waals surface area contributed by atoms with Crippen molar-refractivity contribution in [1.29, 1.82) is 0 Å². The lowest BCUT2D eigenvalue weighted by Gasteiger charge is -2.20. The van der Waals surface area contributed by atoms with E-state index in [0.29, 0.717) is 35.8 Å². The minimum atomic E-state index is -0.878. The van der Waals surface area contributed by atoms with Gasteiger partial charge in [0, 0.05) is 11.1 Å². The molecule has 294 valence electrons. The Morgan fingerprint density at radius 2 is 0.776 bits per heavy atom. The highest BCUT2D eigenvalue weighted by atomic mass is 16.7. The van der Waals surface area contributed by atoms with E-state index >= 15 is 0 Å². The summed E-state index contributed by atoms with van der Waals surface area (Å²) in [5.74, 6) is 1.40. The molecule has 0 aliphatic carbocycles. The van der Waals surface area contributed by atoms with Crippen molar-refractivity contribution in [2.75, 3.05) is 13.2 Å². The second-order valence-corrected chi connectivity index (χ2v) is 13.6. The molecule has 0 heterocycles. The minimum absolute atomic E-state index is 0.246. The number of carbonyl (C=O) groups is 2. The molecule has 0 bridgehead atoms. The van der Waals surface area contributed by atoms with Gasteiger partial charge in [0.15, 0.2) is 0 Å². The van der Waals surface area contributed by atoms with E-state index in [1.165, 1.54) is 0 Å². The summed E-state index contributed by atoms with van der Waals surface area (Å²) in [5, 5.41) is 0. The number of benzene rings is 6. The van der Waals surface area contributed by atoms with Crippen molar-refractivity contribution < 1.29 is 38.0 Å². The first kappa shape index (κ1) is 40.6. The van der Waals surface area contributed by atoms with Gasteiger partial charge >= 0.3 is 11.9 Å². The van der Waals surface area contributed by atoms with Gasteiger partial charge in [-0.15, -0.1) is 0 Å².